The van der Waals surface area contributed by atoms with Crippen LogP contribution in [0.25, 0.3) is 5.69 Å². The molecule has 2 aromatic heterocycles. The number of carbonyl (C=O) groups excluding carboxylic acids is 1. The minimum absolute atomic E-state index is 0.0400. The van der Waals surface area contributed by atoms with Crippen LogP contribution in [0.4, 0.5) is 0 Å². The molecule has 0 saturated heterocycles. The van der Waals surface area contributed by atoms with Gasteiger partial charge < -0.3 is 10.1 Å². The van der Waals surface area contributed by atoms with Crippen LogP contribution in [-0.2, 0) is 17.6 Å². The summed E-state index contributed by atoms with van der Waals surface area (Å²) in [7, 11) is 1.66. The fourth-order valence-electron chi connectivity index (χ4n) is 3.47. The summed E-state index contributed by atoms with van der Waals surface area (Å²) in [5, 5.41) is 9.77. The largest absolute Gasteiger partial charge is 0.497 e. The van der Waals surface area contributed by atoms with E-state index < -0.39 is 0 Å². The quantitative estimate of drug-likeness (QED) is 0.748. The van der Waals surface area contributed by atoms with E-state index in [9.17, 15) is 4.79 Å². The molecular formula is C20H21N3O2S. The third kappa shape index (κ3) is 3.37. The molecule has 1 N–H and O–H groups in total. The Morgan fingerprint density at radius 1 is 1.35 bits per heavy atom. The second-order valence-electron chi connectivity index (χ2n) is 6.42. The Bertz CT molecular complexity index is 884. The summed E-state index contributed by atoms with van der Waals surface area (Å²) in [6.07, 6.45) is 5.31. The molecule has 1 aliphatic carbocycles. The lowest BCUT2D eigenvalue weighted by Crippen LogP contribution is -2.31. The number of nitrogens with one attached hydrogen (secondary N) is 1. The van der Waals surface area contributed by atoms with Crippen molar-refractivity contribution < 1.29 is 9.53 Å². The highest BCUT2D eigenvalue weighted by atomic mass is 32.1. The van der Waals surface area contributed by atoms with Gasteiger partial charge in [-0.2, -0.15) is 5.10 Å². The van der Waals surface area contributed by atoms with Crippen LogP contribution in [0.15, 0.2) is 48.0 Å². The lowest BCUT2D eigenvalue weighted by molar-refractivity contribution is -0.121. The molecule has 0 bridgehead atoms. The molecule has 4 rings (SSSR count). The van der Waals surface area contributed by atoms with Gasteiger partial charge in [-0.25, -0.2) is 4.68 Å². The van der Waals surface area contributed by atoms with E-state index in [1.165, 1.54) is 5.69 Å². The second kappa shape index (κ2) is 7.33. The lowest BCUT2D eigenvalue weighted by atomic mass is 9.92. The van der Waals surface area contributed by atoms with Gasteiger partial charge in [0.05, 0.1) is 31.5 Å². The van der Waals surface area contributed by atoms with E-state index in [2.05, 4.69) is 10.4 Å². The topological polar surface area (TPSA) is 56.1 Å². The van der Waals surface area contributed by atoms with E-state index in [0.29, 0.717) is 6.42 Å². The van der Waals surface area contributed by atoms with Crippen LogP contribution in [0.1, 0.15) is 35.0 Å². The molecular weight excluding hydrogens is 346 g/mol. The first-order chi connectivity index (χ1) is 12.7. The minimum Gasteiger partial charge on any atom is -0.497 e. The van der Waals surface area contributed by atoms with Crippen molar-refractivity contribution in [1.29, 1.82) is 0 Å². The molecule has 6 heteroatoms. The number of amides is 1. The van der Waals surface area contributed by atoms with Crippen LogP contribution in [0.3, 0.4) is 0 Å². The fourth-order valence-corrected chi connectivity index (χ4v) is 4.17. The lowest BCUT2D eigenvalue weighted by Gasteiger charge is -2.24. The summed E-state index contributed by atoms with van der Waals surface area (Å²) in [4.78, 5) is 13.5. The SMILES string of the molecule is COc1ccc(-n2ncc3c2CCC[C@H]3NC(=O)Cc2cccs2)cc1. The average Bonchev–Trinajstić information content (AvgIpc) is 3.32. The van der Waals surface area contributed by atoms with Gasteiger partial charge >= 0.3 is 0 Å². The fraction of sp³-hybridized carbons (Fsp3) is 0.300. The summed E-state index contributed by atoms with van der Waals surface area (Å²) in [6.45, 7) is 0. The zero-order valence-electron chi connectivity index (χ0n) is 14.6. The molecule has 1 amide bonds. The summed E-state index contributed by atoms with van der Waals surface area (Å²) >= 11 is 1.62. The number of hydrogen-bond acceptors (Lipinski definition) is 4. The summed E-state index contributed by atoms with van der Waals surface area (Å²) in [5.41, 5.74) is 3.33. The maximum absolute atomic E-state index is 12.4. The van der Waals surface area contributed by atoms with Gasteiger partial charge in [-0.15, -0.1) is 11.3 Å². The van der Waals surface area contributed by atoms with Crippen LogP contribution in [0.2, 0.25) is 0 Å². The van der Waals surface area contributed by atoms with Gasteiger partial charge in [0.25, 0.3) is 0 Å². The minimum atomic E-state index is 0.0400. The number of aromatic nitrogens is 2. The normalized spacial score (nSPS) is 16.1. The molecule has 0 aliphatic heterocycles. The van der Waals surface area contributed by atoms with Crippen molar-refractivity contribution in [2.75, 3.05) is 7.11 Å². The maximum Gasteiger partial charge on any atom is 0.225 e. The van der Waals surface area contributed by atoms with E-state index in [1.807, 2.05) is 52.7 Å². The standard InChI is InChI=1S/C20H21N3O2S/c1-25-15-9-7-14(8-10-15)23-19-6-2-5-18(17(19)13-21-23)22-20(24)12-16-4-3-11-26-16/h3-4,7-11,13,18H,2,5-6,12H2,1H3,(H,22,24)/t18-/m1/s1. The summed E-state index contributed by atoms with van der Waals surface area (Å²) in [6, 6.07) is 11.9. The molecule has 0 spiro atoms. The molecule has 0 radical (unpaired) electrons. The van der Waals surface area contributed by atoms with Crippen molar-refractivity contribution in [3.63, 3.8) is 0 Å². The number of ether oxygens (including phenoxy) is 1. The van der Waals surface area contributed by atoms with Crippen molar-refractivity contribution >= 4 is 17.2 Å². The number of rotatable bonds is 5. The molecule has 1 aromatic carbocycles. The highest BCUT2D eigenvalue weighted by Gasteiger charge is 2.26. The van der Waals surface area contributed by atoms with Gasteiger partial charge in [0.1, 0.15) is 5.75 Å². The van der Waals surface area contributed by atoms with Gasteiger partial charge in [-0.3, -0.25) is 4.79 Å². The van der Waals surface area contributed by atoms with Gasteiger partial charge in [-0.05, 0) is 55.0 Å². The maximum atomic E-state index is 12.4. The van der Waals surface area contributed by atoms with Crippen molar-refractivity contribution in [2.45, 2.75) is 31.7 Å². The Balaban J connectivity index is 1.53. The first-order valence-electron chi connectivity index (χ1n) is 8.77. The van der Waals surface area contributed by atoms with Crippen LogP contribution < -0.4 is 10.1 Å². The van der Waals surface area contributed by atoms with Crippen LogP contribution in [0, 0.1) is 0 Å². The van der Waals surface area contributed by atoms with Gasteiger partial charge in [0.2, 0.25) is 5.91 Å². The molecule has 0 fully saturated rings. The first-order valence-corrected chi connectivity index (χ1v) is 9.65. The Morgan fingerprint density at radius 3 is 2.92 bits per heavy atom. The molecule has 26 heavy (non-hydrogen) atoms. The van der Waals surface area contributed by atoms with E-state index in [0.717, 1.165) is 41.1 Å². The zero-order valence-corrected chi connectivity index (χ0v) is 15.5. The smallest absolute Gasteiger partial charge is 0.225 e. The van der Waals surface area contributed by atoms with Crippen molar-refractivity contribution in [3.8, 4) is 11.4 Å². The van der Waals surface area contributed by atoms with Gasteiger partial charge in [0.15, 0.2) is 0 Å². The number of hydrogen-bond donors (Lipinski definition) is 1. The van der Waals surface area contributed by atoms with E-state index >= 15 is 0 Å². The van der Waals surface area contributed by atoms with Crippen molar-refractivity contribution in [1.82, 2.24) is 15.1 Å². The highest BCUT2D eigenvalue weighted by molar-refractivity contribution is 7.10. The van der Waals surface area contributed by atoms with E-state index in [4.69, 9.17) is 4.74 Å². The monoisotopic (exact) mass is 367 g/mol. The third-order valence-corrected chi connectivity index (χ3v) is 5.63. The number of nitrogens with zero attached hydrogens (tertiary/aromatic N) is 2. The molecule has 3 aromatic rings. The Kier molecular flexibility index (Phi) is 4.75. The first kappa shape index (κ1) is 16.8. The summed E-state index contributed by atoms with van der Waals surface area (Å²) < 4.78 is 7.21. The number of thiophene rings is 1. The van der Waals surface area contributed by atoms with E-state index in [1.54, 1.807) is 18.4 Å². The second-order valence-corrected chi connectivity index (χ2v) is 7.46. The predicted octanol–water partition coefficient (Wildman–Crippen LogP) is 3.68. The van der Waals surface area contributed by atoms with Gasteiger partial charge in [0, 0.05) is 16.1 Å². The molecule has 0 saturated carbocycles. The third-order valence-electron chi connectivity index (χ3n) is 4.75. The average molecular weight is 367 g/mol. The van der Waals surface area contributed by atoms with Crippen molar-refractivity contribution in [2.24, 2.45) is 0 Å². The van der Waals surface area contributed by atoms with Gasteiger partial charge in [-0.1, -0.05) is 6.07 Å². The molecule has 5 nitrogen and oxygen atoms in total. The summed E-state index contributed by atoms with van der Waals surface area (Å²) in [5.74, 6) is 0.899. The zero-order chi connectivity index (χ0) is 17.9. The van der Waals surface area contributed by atoms with Crippen LogP contribution in [0.5, 0.6) is 5.75 Å². The number of methoxy groups -OCH3 is 1. The molecule has 1 aliphatic rings. The van der Waals surface area contributed by atoms with Crippen LogP contribution in [-0.4, -0.2) is 22.8 Å². The molecule has 1 atom stereocenters. The Morgan fingerprint density at radius 2 is 2.19 bits per heavy atom. The van der Waals surface area contributed by atoms with E-state index in [-0.39, 0.29) is 11.9 Å². The predicted molar refractivity (Wildman–Crippen MR) is 102 cm³/mol. The Hall–Kier alpha value is -2.60. The molecule has 134 valence electrons. The molecule has 0 unspecified atom stereocenters. The number of fused-ring (bicyclic) bond motifs is 1. The number of carbonyl (C=O) groups is 1. The van der Waals surface area contributed by atoms with Crippen molar-refractivity contribution in [3.05, 3.63) is 64.1 Å². The molecule has 2 heterocycles. The number of benzene rings is 1. The highest BCUT2D eigenvalue weighted by Crippen LogP contribution is 2.31. The Labute approximate surface area is 156 Å². The van der Waals surface area contributed by atoms with Crippen LogP contribution >= 0.6 is 11.3 Å².